The number of nitrogens with two attached hydrogens (primary N) is 1. The third-order valence-corrected chi connectivity index (χ3v) is 4.54. The molecule has 0 saturated carbocycles. The molecule has 5 nitrogen and oxygen atoms in total. The Kier molecular flexibility index (Phi) is 4.33. The largest absolute Gasteiger partial charge is 0.454 e. The molecule has 1 aromatic carbocycles. The summed E-state index contributed by atoms with van der Waals surface area (Å²) in [5, 5.41) is 0. The van der Waals surface area contributed by atoms with Crippen LogP contribution in [0.3, 0.4) is 0 Å². The average Bonchev–Trinajstić information content (AvgIpc) is 2.94. The van der Waals surface area contributed by atoms with Crippen molar-refractivity contribution in [3.05, 3.63) is 23.8 Å². The van der Waals surface area contributed by atoms with E-state index in [9.17, 15) is 0 Å². The number of fused-ring (bicyclic) bond motifs is 1. The van der Waals surface area contributed by atoms with Gasteiger partial charge in [0.25, 0.3) is 0 Å². The highest BCUT2D eigenvalue weighted by Crippen LogP contribution is 2.34. The molecule has 2 heterocycles. The summed E-state index contributed by atoms with van der Waals surface area (Å²) in [5.41, 5.74) is 7.50. The van der Waals surface area contributed by atoms with E-state index in [0.717, 1.165) is 49.8 Å². The molecule has 1 aromatic rings. The number of piperazine rings is 1. The van der Waals surface area contributed by atoms with Crippen LogP contribution in [-0.4, -0.2) is 55.4 Å². The lowest BCUT2D eigenvalue weighted by Crippen LogP contribution is -2.52. The van der Waals surface area contributed by atoms with Crippen LogP contribution in [0.25, 0.3) is 0 Å². The number of hydrogen-bond donors (Lipinski definition) is 1. The molecule has 2 aliphatic heterocycles. The van der Waals surface area contributed by atoms with E-state index in [1.165, 1.54) is 0 Å². The van der Waals surface area contributed by atoms with Gasteiger partial charge >= 0.3 is 0 Å². The standard InChI is InChI=1S/C16H25N3O2/c1-3-19-7-6-18(9-12(19)2)10-14(17)13-4-5-15-16(8-13)21-11-20-15/h4-5,8,12,14H,3,6-7,9-11,17H2,1-2H3. The maximum absolute atomic E-state index is 6.38. The van der Waals surface area contributed by atoms with Crippen LogP contribution in [0.4, 0.5) is 0 Å². The molecule has 3 rings (SSSR count). The maximum Gasteiger partial charge on any atom is 0.231 e. The Morgan fingerprint density at radius 1 is 1.29 bits per heavy atom. The molecule has 2 aliphatic rings. The zero-order valence-corrected chi connectivity index (χ0v) is 12.9. The number of hydrogen-bond acceptors (Lipinski definition) is 5. The van der Waals surface area contributed by atoms with Gasteiger partial charge in [0.2, 0.25) is 6.79 Å². The van der Waals surface area contributed by atoms with Gasteiger partial charge in [-0.05, 0) is 31.2 Å². The molecule has 0 spiro atoms. The summed E-state index contributed by atoms with van der Waals surface area (Å²) in [6.07, 6.45) is 0. The van der Waals surface area contributed by atoms with E-state index >= 15 is 0 Å². The topological polar surface area (TPSA) is 51.0 Å². The summed E-state index contributed by atoms with van der Waals surface area (Å²) in [7, 11) is 0. The van der Waals surface area contributed by atoms with Crippen LogP contribution in [0, 0.1) is 0 Å². The van der Waals surface area contributed by atoms with Crippen molar-refractivity contribution >= 4 is 0 Å². The van der Waals surface area contributed by atoms with Crippen LogP contribution in [-0.2, 0) is 0 Å². The Balaban J connectivity index is 1.60. The van der Waals surface area contributed by atoms with Gasteiger partial charge in [0.1, 0.15) is 0 Å². The van der Waals surface area contributed by atoms with Gasteiger partial charge in [-0.1, -0.05) is 13.0 Å². The molecule has 0 bridgehead atoms. The average molecular weight is 291 g/mol. The van der Waals surface area contributed by atoms with Crippen LogP contribution >= 0.6 is 0 Å². The quantitative estimate of drug-likeness (QED) is 0.910. The van der Waals surface area contributed by atoms with Gasteiger partial charge in [0.05, 0.1) is 0 Å². The fraction of sp³-hybridized carbons (Fsp3) is 0.625. The van der Waals surface area contributed by atoms with Crippen LogP contribution in [0.1, 0.15) is 25.5 Å². The van der Waals surface area contributed by atoms with Crippen LogP contribution in [0.2, 0.25) is 0 Å². The van der Waals surface area contributed by atoms with Crippen molar-refractivity contribution in [2.24, 2.45) is 5.73 Å². The van der Waals surface area contributed by atoms with E-state index in [1.54, 1.807) is 0 Å². The second-order valence-electron chi connectivity index (χ2n) is 5.96. The lowest BCUT2D eigenvalue weighted by Gasteiger charge is -2.40. The smallest absolute Gasteiger partial charge is 0.231 e. The molecule has 116 valence electrons. The molecule has 0 amide bonds. The highest BCUT2D eigenvalue weighted by molar-refractivity contribution is 5.45. The second-order valence-corrected chi connectivity index (χ2v) is 5.96. The van der Waals surface area contributed by atoms with Gasteiger partial charge in [0.15, 0.2) is 11.5 Å². The van der Waals surface area contributed by atoms with Gasteiger partial charge in [-0.25, -0.2) is 0 Å². The molecule has 2 unspecified atom stereocenters. The van der Waals surface area contributed by atoms with E-state index in [1.807, 2.05) is 18.2 Å². The summed E-state index contributed by atoms with van der Waals surface area (Å²) in [4.78, 5) is 4.98. The minimum absolute atomic E-state index is 0.0138. The second kappa shape index (κ2) is 6.22. The van der Waals surface area contributed by atoms with E-state index in [2.05, 4.69) is 23.6 Å². The van der Waals surface area contributed by atoms with Gasteiger partial charge in [0, 0.05) is 38.3 Å². The molecule has 2 N–H and O–H groups in total. The first kappa shape index (κ1) is 14.6. The Morgan fingerprint density at radius 3 is 2.86 bits per heavy atom. The normalized spacial score (nSPS) is 24.2. The molecular formula is C16H25N3O2. The minimum Gasteiger partial charge on any atom is -0.454 e. The van der Waals surface area contributed by atoms with Gasteiger partial charge in [-0.3, -0.25) is 9.80 Å². The number of nitrogens with zero attached hydrogens (tertiary/aromatic N) is 2. The summed E-state index contributed by atoms with van der Waals surface area (Å²) in [6, 6.07) is 6.63. The number of rotatable bonds is 4. The van der Waals surface area contributed by atoms with Crippen molar-refractivity contribution in [3.8, 4) is 11.5 Å². The Morgan fingerprint density at radius 2 is 2.10 bits per heavy atom. The van der Waals surface area contributed by atoms with E-state index in [-0.39, 0.29) is 6.04 Å². The summed E-state index contributed by atoms with van der Waals surface area (Å²) < 4.78 is 10.8. The van der Waals surface area contributed by atoms with Crippen molar-refractivity contribution in [3.63, 3.8) is 0 Å². The van der Waals surface area contributed by atoms with Gasteiger partial charge < -0.3 is 15.2 Å². The molecule has 5 heteroatoms. The SMILES string of the molecule is CCN1CCN(CC(N)c2ccc3c(c2)OCO3)CC1C. The van der Waals surface area contributed by atoms with E-state index in [0.29, 0.717) is 12.8 Å². The van der Waals surface area contributed by atoms with Crippen LogP contribution in [0.5, 0.6) is 11.5 Å². The van der Waals surface area contributed by atoms with Gasteiger partial charge in [-0.15, -0.1) is 0 Å². The predicted molar refractivity (Wildman–Crippen MR) is 82.6 cm³/mol. The van der Waals surface area contributed by atoms with Crippen molar-refractivity contribution in [2.45, 2.75) is 25.9 Å². The minimum atomic E-state index is 0.0138. The zero-order chi connectivity index (χ0) is 14.8. The lowest BCUT2D eigenvalue weighted by atomic mass is 10.1. The monoisotopic (exact) mass is 291 g/mol. The lowest BCUT2D eigenvalue weighted by molar-refractivity contribution is 0.0841. The first-order chi connectivity index (χ1) is 10.2. The predicted octanol–water partition coefficient (Wildman–Crippen LogP) is 1.44. The van der Waals surface area contributed by atoms with Gasteiger partial charge in [-0.2, -0.15) is 0 Å². The molecule has 1 saturated heterocycles. The fourth-order valence-electron chi connectivity index (χ4n) is 3.23. The van der Waals surface area contributed by atoms with Crippen molar-refractivity contribution in [2.75, 3.05) is 39.5 Å². The Labute approximate surface area is 126 Å². The molecule has 0 radical (unpaired) electrons. The first-order valence-corrected chi connectivity index (χ1v) is 7.79. The molecule has 1 fully saturated rings. The number of ether oxygens (including phenoxy) is 2. The summed E-state index contributed by atoms with van der Waals surface area (Å²) >= 11 is 0. The molecule has 0 aliphatic carbocycles. The zero-order valence-electron chi connectivity index (χ0n) is 12.9. The molecule has 2 atom stereocenters. The van der Waals surface area contributed by atoms with Crippen LogP contribution < -0.4 is 15.2 Å². The highest BCUT2D eigenvalue weighted by atomic mass is 16.7. The van der Waals surface area contributed by atoms with Crippen molar-refractivity contribution in [1.29, 1.82) is 0 Å². The summed E-state index contributed by atoms with van der Waals surface area (Å²) in [5.74, 6) is 1.63. The van der Waals surface area contributed by atoms with E-state index < -0.39 is 0 Å². The third kappa shape index (κ3) is 3.15. The third-order valence-electron chi connectivity index (χ3n) is 4.54. The first-order valence-electron chi connectivity index (χ1n) is 7.79. The number of benzene rings is 1. The Hall–Kier alpha value is -1.30. The maximum atomic E-state index is 6.38. The van der Waals surface area contributed by atoms with Crippen LogP contribution in [0.15, 0.2) is 18.2 Å². The van der Waals surface area contributed by atoms with Crippen molar-refractivity contribution in [1.82, 2.24) is 9.80 Å². The Bertz CT molecular complexity index is 494. The fourth-order valence-corrected chi connectivity index (χ4v) is 3.23. The molecule has 0 aromatic heterocycles. The molecular weight excluding hydrogens is 266 g/mol. The summed E-state index contributed by atoms with van der Waals surface area (Å²) in [6.45, 7) is 10.2. The molecule has 21 heavy (non-hydrogen) atoms. The highest BCUT2D eigenvalue weighted by Gasteiger charge is 2.24. The number of likely N-dealkylation sites (N-methyl/N-ethyl adjacent to an activating group) is 1. The van der Waals surface area contributed by atoms with Crippen molar-refractivity contribution < 1.29 is 9.47 Å². The van der Waals surface area contributed by atoms with E-state index in [4.69, 9.17) is 15.2 Å².